The molecule has 0 unspecified atom stereocenters. The maximum absolute atomic E-state index is 12.1. The molecule has 1 aromatic carbocycles. The SMILES string of the molecule is COc1ccc(CNc2ncc(C(=O)Nc3cc(C)on3)cn2)cc1OC. The van der Waals surface area contributed by atoms with E-state index in [4.69, 9.17) is 14.0 Å². The molecule has 0 radical (unpaired) electrons. The molecule has 3 rings (SSSR count). The number of aromatic nitrogens is 3. The first kappa shape index (κ1) is 18.2. The minimum atomic E-state index is -0.366. The van der Waals surface area contributed by atoms with Crippen molar-refractivity contribution in [3.8, 4) is 11.5 Å². The van der Waals surface area contributed by atoms with Crippen molar-refractivity contribution in [2.45, 2.75) is 13.5 Å². The number of rotatable bonds is 7. The number of amides is 1. The van der Waals surface area contributed by atoms with Gasteiger partial charge in [0.2, 0.25) is 5.95 Å². The van der Waals surface area contributed by atoms with Crippen LogP contribution in [-0.2, 0) is 6.54 Å². The van der Waals surface area contributed by atoms with E-state index in [1.54, 1.807) is 27.2 Å². The standard InChI is InChI=1S/C18H19N5O4/c1-11-6-16(23-27-11)22-17(24)13-9-20-18(21-10-13)19-8-12-4-5-14(25-2)15(7-12)26-3/h4-7,9-10H,8H2,1-3H3,(H,19,20,21)(H,22,23,24). The molecule has 140 valence electrons. The van der Waals surface area contributed by atoms with Crippen LogP contribution in [0.25, 0.3) is 0 Å². The number of ether oxygens (including phenoxy) is 2. The Hall–Kier alpha value is -3.62. The predicted molar refractivity (Wildman–Crippen MR) is 98.1 cm³/mol. The Morgan fingerprint density at radius 1 is 1.11 bits per heavy atom. The topological polar surface area (TPSA) is 111 Å². The second-order valence-electron chi connectivity index (χ2n) is 5.62. The Morgan fingerprint density at radius 2 is 1.85 bits per heavy atom. The van der Waals surface area contributed by atoms with Crippen LogP contribution >= 0.6 is 0 Å². The van der Waals surface area contributed by atoms with Crippen molar-refractivity contribution in [3.05, 3.63) is 53.5 Å². The second-order valence-corrected chi connectivity index (χ2v) is 5.62. The van der Waals surface area contributed by atoms with Crippen molar-refractivity contribution in [2.24, 2.45) is 0 Å². The van der Waals surface area contributed by atoms with Crippen LogP contribution in [0, 0.1) is 6.92 Å². The normalized spacial score (nSPS) is 10.3. The molecule has 2 N–H and O–H groups in total. The first-order valence-corrected chi connectivity index (χ1v) is 8.10. The number of carbonyl (C=O) groups excluding carboxylic acids is 1. The molecule has 0 aliphatic heterocycles. The quantitative estimate of drug-likeness (QED) is 0.654. The zero-order valence-electron chi connectivity index (χ0n) is 15.1. The summed E-state index contributed by atoms with van der Waals surface area (Å²) in [5.41, 5.74) is 1.28. The first-order valence-electron chi connectivity index (χ1n) is 8.10. The van der Waals surface area contributed by atoms with Gasteiger partial charge in [-0.25, -0.2) is 9.97 Å². The number of methoxy groups -OCH3 is 2. The highest BCUT2D eigenvalue weighted by Crippen LogP contribution is 2.27. The summed E-state index contributed by atoms with van der Waals surface area (Å²) in [6.07, 6.45) is 2.87. The minimum absolute atomic E-state index is 0.312. The van der Waals surface area contributed by atoms with E-state index >= 15 is 0 Å². The largest absolute Gasteiger partial charge is 0.493 e. The second kappa shape index (κ2) is 8.17. The Bertz CT molecular complexity index is 924. The van der Waals surface area contributed by atoms with Crippen molar-refractivity contribution in [2.75, 3.05) is 24.9 Å². The lowest BCUT2D eigenvalue weighted by atomic mass is 10.2. The van der Waals surface area contributed by atoms with Crippen molar-refractivity contribution in [1.82, 2.24) is 15.1 Å². The third-order valence-corrected chi connectivity index (χ3v) is 3.68. The molecule has 0 aliphatic rings. The zero-order valence-corrected chi connectivity index (χ0v) is 15.1. The summed E-state index contributed by atoms with van der Waals surface area (Å²) < 4.78 is 15.4. The van der Waals surface area contributed by atoms with E-state index in [9.17, 15) is 4.79 Å². The van der Waals surface area contributed by atoms with E-state index < -0.39 is 0 Å². The molecule has 0 saturated carbocycles. The molecule has 0 saturated heterocycles. The molecule has 0 aliphatic carbocycles. The molecule has 27 heavy (non-hydrogen) atoms. The Balaban J connectivity index is 1.60. The van der Waals surface area contributed by atoms with Gasteiger partial charge in [-0.15, -0.1) is 0 Å². The van der Waals surface area contributed by atoms with Gasteiger partial charge in [0.05, 0.1) is 19.8 Å². The number of benzene rings is 1. The summed E-state index contributed by atoms with van der Waals surface area (Å²) in [6.45, 7) is 2.23. The number of nitrogens with zero attached hydrogens (tertiary/aromatic N) is 3. The molecule has 0 atom stereocenters. The molecule has 9 nitrogen and oxygen atoms in total. The van der Waals surface area contributed by atoms with Gasteiger partial charge in [0.1, 0.15) is 5.76 Å². The molecular formula is C18H19N5O4. The average Bonchev–Trinajstić information content (AvgIpc) is 3.11. The van der Waals surface area contributed by atoms with Crippen molar-refractivity contribution < 1.29 is 18.8 Å². The Labute approximate surface area is 155 Å². The molecule has 0 spiro atoms. The van der Waals surface area contributed by atoms with E-state index in [1.165, 1.54) is 12.4 Å². The summed E-state index contributed by atoms with van der Waals surface area (Å²) in [6, 6.07) is 7.23. The lowest BCUT2D eigenvalue weighted by Crippen LogP contribution is -2.13. The van der Waals surface area contributed by atoms with E-state index in [2.05, 4.69) is 25.8 Å². The highest BCUT2D eigenvalue weighted by molar-refractivity contribution is 6.03. The maximum atomic E-state index is 12.1. The summed E-state index contributed by atoms with van der Waals surface area (Å²) in [7, 11) is 3.17. The van der Waals surface area contributed by atoms with E-state index in [0.29, 0.717) is 41.1 Å². The Kier molecular flexibility index (Phi) is 5.50. The fourth-order valence-corrected chi connectivity index (χ4v) is 2.32. The van der Waals surface area contributed by atoms with E-state index in [0.717, 1.165) is 5.56 Å². The van der Waals surface area contributed by atoms with Gasteiger partial charge < -0.3 is 24.6 Å². The molecule has 3 aromatic rings. The molecule has 2 heterocycles. The fraction of sp³-hybridized carbons (Fsp3) is 0.222. The van der Waals surface area contributed by atoms with Crippen LogP contribution in [0.5, 0.6) is 11.5 Å². The zero-order chi connectivity index (χ0) is 19.2. The highest BCUT2D eigenvalue weighted by atomic mass is 16.5. The van der Waals surface area contributed by atoms with Gasteiger partial charge in [0.15, 0.2) is 17.3 Å². The van der Waals surface area contributed by atoms with Crippen LogP contribution < -0.4 is 20.1 Å². The van der Waals surface area contributed by atoms with Gasteiger partial charge in [0.25, 0.3) is 5.91 Å². The summed E-state index contributed by atoms with van der Waals surface area (Å²) in [4.78, 5) is 20.4. The van der Waals surface area contributed by atoms with Crippen molar-refractivity contribution >= 4 is 17.7 Å². The summed E-state index contributed by atoms with van der Waals surface area (Å²) >= 11 is 0. The lowest BCUT2D eigenvalue weighted by molar-refractivity contribution is 0.102. The van der Waals surface area contributed by atoms with E-state index in [1.807, 2.05) is 18.2 Å². The Morgan fingerprint density at radius 3 is 2.48 bits per heavy atom. The summed E-state index contributed by atoms with van der Waals surface area (Å²) in [5.74, 6) is 2.29. The number of nitrogens with one attached hydrogen (secondary N) is 2. The van der Waals surface area contributed by atoms with Gasteiger partial charge >= 0.3 is 0 Å². The monoisotopic (exact) mass is 369 g/mol. The maximum Gasteiger partial charge on any atom is 0.260 e. The van der Waals surface area contributed by atoms with Gasteiger partial charge in [0, 0.05) is 25.0 Å². The van der Waals surface area contributed by atoms with Crippen LogP contribution in [0.15, 0.2) is 41.2 Å². The van der Waals surface area contributed by atoms with E-state index in [-0.39, 0.29) is 5.91 Å². The molecule has 2 aromatic heterocycles. The molecular weight excluding hydrogens is 350 g/mol. The minimum Gasteiger partial charge on any atom is -0.493 e. The van der Waals surface area contributed by atoms with Crippen LogP contribution in [0.2, 0.25) is 0 Å². The van der Waals surface area contributed by atoms with Crippen molar-refractivity contribution in [1.29, 1.82) is 0 Å². The van der Waals surface area contributed by atoms with Crippen LogP contribution in [0.4, 0.5) is 11.8 Å². The molecule has 0 fully saturated rings. The number of hydrogen-bond acceptors (Lipinski definition) is 8. The smallest absolute Gasteiger partial charge is 0.260 e. The van der Waals surface area contributed by atoms with Crippen LogP contribution in [0.1, 0.15) is 21.7 Å². The fourth-order valence-electron chi connectivity index (χ4n) is 2.32. The average molecular weight is 369 g/mol. The summed E-state index contributed by atoms with van der Waals surface area (Å²) in [5, 5.41) is 9.41. The lowest BCUT2D eigenvalue weighted by Gasteiger charge is -2.10. The highest BCUT2D eigenvalue weighted by Gasteiger charge is 2.10. The molecule has 1 amide bonds. The van der Waals surface area contributed by atoms with Gasteiger partial charge in [-0.1, -0.05) is 11.2 Å². The predicted octanol–water partition coefficient (Wildman–Crippen LogP) is 2.65. The van der Waals surface area contributed by atoms with Crippen molar-refractivity contribution in [3.63, 3.8) is 0 Å². The van der Waals surface area contributed by atoms with Crippen LogP contribution in [0.3, 0.4) is 0 Å². The third-order valence-electron chi connectivity index (χ3n) is 3.68. The molecule has 9 heteroatoms. The number of anilines is 2. The number of aryl methyl sites for hydroxylation is 1. The van der Waals surface area contributed by atoms with Gasteiger partial charge in [-0.05, 0) is 24.6 Å². The first-order chi connectivity index (χ1) is 13.1. The molecule has 0 bridgehead atoms. The number of carbonyl (C=O) groups is 1. The van der Waals surface area contributed by atoms with Gasteiger partial charge in [-0.2, -0.15) is 0 Å². The number of hydrogen-bond donors (Lipinski definition) is 2. The van der Waals surface area contributed by atoms with Gasteiger partial charge in [-0.3, -0.25) is 4.79 Å². The third kappa shape index (κ3) is 4.51. The van der Waals surface area contributed by atoms with Crippen LogP contribution in [-0.4, -0.2) is 35.3 Å².